The van der Waals surface area contributed by atoms with Crippen LogP contribution in [0.2, 0.25) is 0 Å². The second-order valence-electron chi connectivity index (χ2n) is 8.62. The van der Waals surface area contributed by atoms with E-state index in [-0.39, 0.29) is 11.4 Å². The molecule has 0 bridgehead atoms. The first-order chi connectivity index (χ1) is 16.4. The van der Waals surface area contributed by atoms with E-state index in [4.69, 9.17) is 15.2 Å². The van der Waals surface area contributed by atoms with Crippen LogP contribution in [0.3, 0.4) is 0 Å². The van der Waals surface area contributed by atoms with Crippen LogP contribution in [0.25, 0.3) is 11.1 Å². The second-order valence-corrected chi connectivity index (χ2v) is 8.62. The third-order valence-corrected chi connectivity index (χ3v) is 5.61. The van der Waals surface area contributed by atoms with Crippen molar-refractivity contribution in [3.05, 3.63) is 77.2 Å². The van der Waals surface area contributed by atoms with Gasteiger partial charge in [0, 0.05) is 26.2 Å². The van der Waals surface area contributed by atoms with E-state index in [9.17, 15) is 9.18 Å². The van der Waals surface area contributed by atoms with Crippen molar-refractivity contribution in [2.24, 2.45) is 5.73 Å². The number of morpholine rings is 1. The number of primary amides is 1. The van der Waals surface area contributed by atoms with Crippen LogP contribution < -0.4 is 10.5 Å². The van der Waals surface area contributed by atoms with E-state index < -0.39 is 11.7 Å². The lowest BCUT2D eigenvalue weighted by Gasteiger charge is -2.28. The molecule has 1 aliphatic heterocycles. The number of amides is 1. The van der Waals surface area contributed by atoms with Gasteiger partial charge < -0.3 is 20.1 Å². The Balaban J connectivity index is 1.66. The lowest BCUT2D eigenvalue weighted by Crippen LogP contribution is -2.35. The highest BCUT2D eigenvalue weighted by molar-refractivity contribution is 5.95. The van der Waals surface area contributed by atoms with Crippen molar-refractivity contribution >= 4 is 5.91 Å². The number of nitrogens with two attached hydrogens (primary N) is 1. The average molecular weight is 465 g/mol. The van der Waals surface area contributed by atoms with Crippen molar-refractivity contribution in [1.82, 2.24) is 14.8 Å². The molecule has 1 fully saturated rings. The third-order valence-electron chi connectivity index (χ3n) is 5.61. The van der Waals surface area contributed by atoms with Gasteiger partial charge in [-0.05, 0) is 54.5 Å². The molecule has 0 unspecified atom stereocenters. The third kappa shape index (κ3) is 5.96. The Morgan fingerprint density at radius 1 is 1.18 bits per heavy atom. The van der Waals surface area contributed by atoms with Crippen molar-refractivity contribution in [2.45, 2.75) is 13.1 Å². The van der Waals surface area contributed by atoms with Crippen molar-refractivity contribution in [2.75, 3.05) is 40.4 Å². The molecule has 4 rings (SSSR count). The molecule has 0 saturated carbocycles. The molecule has 0 aliphatic carbocycles. The Morgan fingerprint density at radius 3 is 2.71 bits per heavy atom. The molecule has 34 heavy (non-hydrogen) atoms. The summed E-state index contributed by atoms with van der Waals surface area (Å²) in [6.45, 7) is 4.94. The number of carbonyl (C=O) groups excluding carboxylic acids is 1. The zero-order valence-electron chi connectivity index (χ0n) is 19.5. The molecule has 1 aliphatic rings. The Kier molecular flexibility index (Phi) is 7.52. The second kappa shape index (κ2) is 10.7. The molecule has 3 aromatic rings. The van der Waals surface area contributed by atoms with E-state index in [1.54, 1.807) is 6.07 Å². The first kappa shape index (κ1) is 23.8. The topological polar surface area (TPSA) is 80.9 Å². The number of nitrogens with zero attached hydrogens (tertiary/aromatic N) is 3. The van der Waals surface area contributed by atoms with Gasteiger partial charge in [0.25, 0.3) is 5.91 Å². The summed E-state index contributed by atoms with van der Waals surface area (Å²) in [5.74, 6) is -1.00. The molecule has 1 amide bonds. The van der Waals surface area contributed by atoms with Gasteiger partial charge in [0.1, 0.15) is 17.1 Å². The van der Waals surface area contributed by atoms with Gasteiger partial charge in [-0.2, -0.15) is 0 Å². The lowest BCUT2D eigenvalue weighted by molar-refractivity contribution is 0.0342. The molecule has 1 saturated heterocycles. The summed E-state index contributed by atoms with van der Waals surface area (Å²) in [6.07, 6.45) is 0.996. The molecule has 8 heteroatoms. The van der Waals surface area contributed by atoms with Gasteiger partial charge >= 0.3 is 0 Å². The molecule has 1 aromatic heterocycles. The number of halogens is 1. The van der Waals surface area contributed by atoms with Crippen LogP contribution in [-0.2, 0) is 17.8 Å². The molecule has 0 spiro atoms. The molecule has 2 aromatic carbocycles. The summed E-state index contributed by atoms with van der Waals surface area (Å²) >= 11 is 0. The minimum atomic E-state index is -0.803. The number of aromatic nitrogens is 1. The normalized spacial score (nSPS) is 14.4. The van der Waals surface area contributed by atoms with Crippen LogP contribution in [0, 0.1) is 5.82 Å². The fourth-order valence-corrected chi connectivity index (χ4v) is 4.05. The Morgan fingerprint density at radius 2 is 1.97 bits per heavy atom. The van der Waals surface area contributed by atoms with Gasteiger partial charge in [0.05, 0.1) is 19.4 Å². The molecule has 2 N–H and O–H groups in total. The fraction of sp³-hybridized carbons (Fsp3) is 0.308. The zero-order chi connectivity index (χ0) is 24.1. The number of carbonyl (C=O) groups is 1. The maximum atomic E-state index is 13.5. The summed E-state index contributed by atoms with van der Waals surface area (Å²) < 4.78 is 24.9. The maximum Gasteiger partial charge on any atom is 0.254 e. The number of rotatable bonds is 8. The van der Waals surface area contributed by atoms with Crippen LogP contribution in [0.4, 0.5) is 4.39 Å². The number of hydrogen-bond acceptors (Lipinski definition) is 6. The Hall–Kier alpha value is -3.33. The number of benzene rings is 2. The Bertz CT molecular complexity index is 1160. The molecule has 178 valence electrons. The van der Waals surface area contributed by atoms with E-state index in [1.807, 2.05) is 18.2 Å². The highest BCUT2D eigenvalue weighted by Gasteiger charge is 2.17. The maximum absolute atomic E-state index is 13.5. The van der Waals surface area contributed by atoms with E-state index >= 15 is 0 Å². The number of hydrogen-bond donors (Lipinski definition) is 1. The zero-order valence-corrected chi connectivity index (χ0v) is 19.5. The molecule has 2 heterocycles. The highest BCUT2D eigenvalue weighted by atomic mass is 19.1. The van der Waals surface area contributed by atoms with Crippen LogP contribution in [0.5, 0.6) is 11.6 Å². The van der Waals surface area contributed by atoms with Gasteiger partial charge in [-0.25, -0.2) is 9.37 Å². The van der Waals surface area contributed by atoms with Crippen LogP contribution in [-0.4, -0.2) is 61.1 Å². The van der Waals surface area contributed by atoms with Gasteiger partial charge in [0.2, 0.25) is 5.88 Å². The minimum absolute atomic E-state index is 0.0269. The van der Waals surface area contributed by atoms with Crippen LogP contribution in [0.15, 0.2) is 54.7 Å². The summed E-state index contributed by atoms with van der Waals surface area (Å²) in [4.78, 5) is 20.2. The fourth-order valence-electron chi connectivity index (χ4n) is 4.05. The van der Waals surface area contributed by atoms with Gasteiger partial charge in [-0.1, -0.05) is 30.3 Å². The number of pyridine rings is 1. The first-order valence-corrected chi connectivity index (χ1v) is 11.2. The van der Waals surface area contributed by atoms with Crippen molar-refractivity contribution in [3.8, 4) is 22.8 Å². The van der Waals surface area contributed by atoms with Gasteiger partial charge in [0.15, 0.2) is 0 Å². The number of ether oxygens (including phenoxy) is 2. The largest absolute Gasteiger partial charge is 0.438 e. The standard InChI is InChI=1S/C26H29FN4O3/c1-30(2)16-18-6-7-23(20(12-18)17-31-8-10-33-11-9-31)19-4-3-5-22(13-19)34-26-24(25(28)32)14-21(27)15-29-26/h3-7,12-15H,8-11,16-17H2,1-2H3,(H2,28,32). The van der Waals surface area contributed by atoms with E-state index in [0.29, 0.717) is 5.75 Å². The van der Waals surface area contributed by atoms with Crippen molar-refractivity contribution in [1.29, 1.82) is 0 Å². The average Bonchev–Trinajstić information content (AvgIpc) is 2.81. The molecular formula is C26H29FN4O3. The molecule has 0 radical (unpaired) electrons. The molecule has 7 nitrogen and oxygen atoms in total. The smallest absolute Gasteiger partial charge is 0.254 e. The van der Waals surface area contributed by atoms with Crippen molar-refractivity contribution in [3.63, 3.8) is 0 Å². The lowest BCUT2D eigenvalue weighted by atomic mass is 9.96. The van der Waals surface area contributed by atoms with E-state index in [2.05, 4.69) is 47.1 Å². The Labute approximate surface area is 198 Å². The summed E-state index contributed by atoms with van der Waals surface area (Å²) in [6, 6.07) is 15.1. The van der Waals surface area contributed by atoms with Gasteiger partial charge in [-0.3, -0.25) is 9.69 Å². The molecule has 0 atom stereocenters. The highest BCUT2D eigenvalue weighted by Crippen LogP contribution is 2.31. The predicted molar refractivity (Wildman–Crippen MR) is 128 cm³/mol. The summed E-state index contributed by atoms with van der Waals surface area (Å²) in [5, 5.41) is 0. The minimum Gasteiger partial charge on any atom is -0.438 e. The predicted octanol–water partition coefficient (Wildman–Crippen LogP) is 3.67. The van der Waals surface area contributed by atoms with Gasteiger partial charge in [-0.15, -0.1) is 0 Å². The van der Waals surface area contributed by atoms with E-state index in [1.165, 1.54) is 11.1 Å². The molecular weight excluding hydrogens is 435 g/mol. The first-order valence-electron chi connectivity index (χ1n) is 11.2. The van der Waals surface area contributed by atoms with E-state index in [0.717, 1.165) is 62.8 Å². The van der Waals surface area contributed by atoms with Crippen LogP contribution >= 0.6 is 0 Å². The SMILES string of the molecule is CN(C)Cc1ccc(-c2cccc(Oc3ncc(F)cc3C(N)=O)c2)c(CN2CCOCC2)c1. The monoisotopic (exact) mass is 464 g/mol. The van der Waals surface area contributed by atoms with Crippen LogP contribution in [0.1, 0.15) is 21.5 Å². The summed E-state index contributed by atoms with van der Waals surface area (Å²) in [7, 11) is 4.11. The van der Waals surface area contributed by atoms with Crippen molar-refractivity contribution < 1.29 is 18.7 Å². The summed E-state index contributed by atoms with van der Waals surface area (Å²) in [5.41, 5.74) is 9.80. The quantitative estimate of drug-likeness (QED) is 0.548.